The van der Waals surface area contributed by atoms with Gasteiger partial charge in [0, 0.05) is 11.8 Å². The Balaban J connectivity index is 4.42. The topological polar surface area (TPSA) is 79.3 Å². The predicted molar refractivity (Wildman–Crippen MR) is 51.8 cm³/mol. The van der Waals surface area contributed by atoms with Crippen LogP contribution in [-0.2, 0) is 0 Å². The molecule has 0 bridgehead atoms. The standard InChI is InChI=1S/C8H11N3O2/c1-6(7(2)11(12)13)4-5-10-8(3)9/h4-5,9H,2H2,1,3H3/b6-4-,9-8?,10-5?. The Morgan fingerprint density at radius 1 is 1.62 bits per heavy atom. The molecule has 0 heterocycles. The van der Waals surface area contributed by atoms with Crippen LogP contribution in [0.3, 0.4) is 0 Å². The van der Waals surface area contributed by atoms with Crippen LogP contribution >= 0.6 is 0 Å². The van der Waals surface area contributed by atoms with Gasteiger partial charge in [0.05, 0.1) is 4.92 Å². The molecule has 0 unspecified atom stereocenters. The van der Waals surface area contributed by atoms with Gasteiger partial charge in [-0.3, -0.25) is 15.5 Å². The van der Waals surface area contributed by atoms with Gasteiger partial charge in [-0.05, 0) is 26.5 Å². The maximum Gasteiger partial charge on any atom is 0.265 e. The molecule has 0 saturated heterocycles. The summed E-state index contributed by atoms with van der Waals surface area (Å²) in [4.78, 5) is 13.3. The average Bonchev–Trinajstić information content (AvgIpc) is 2.02. The quantitative estimate of drug-likeness (QED) is 0.237. The Bertz CT molecular complexity index is 303. The van der Waals surface area contributed by atoms with Crippen molar-refractivity contribution < 1.29 is 4.92 Å². The molecule has 0 aliphatic heterocycles. The van der Waals surface area contributed by atoms with Gasteiger partial charge in [0.1, 0.15) is 5.84 Å². The summed E-state index contributed by atoms with van der Waals surface area (Å²) in [5, 5.41) is 17.2. The van der Waals surface area contributed by atoms with Crippen LogP contribution in [0.4, 0.5) is 0 Å². The van der Waals surface area contributed by atoms with E-state index in [-0.39, 0.29) is 11.5 Å². The molecule has 0 spiro atoms. The number of hydrogen-bond donors (Lipinski definition) is 1. The monoisotopic (exact) mass is 181 g/mol. The van der Waals surface area contributed by atoms with E-state index in [1.807, 2.05) is 0 Å². The van der Waals surface area contributed by atoms with E-state index in [1.165, 1.54) is 19.2 Å². The number of allylic oxidation sites excluding steroid dienone is 2. The highest BCUT2D eigenvalue weighted by molar-refractivity contribution is 5.89. The molecule has 0 radical (unpaired) electrons. The van der Waals surface area contributed by atoms with Crippen molar-refractivity contribution in [1.82, 2.24) is 0 Å². The smallest absolute Gasteiger partial charge is 0.265 e. The summed E-state index contributed by atoms with van der Waals surface area (Å²) in [6.45, 7) is 6.35. The van der Waals surface area contributed by atoms with Crippen molar-refractivity contribution in [3.8, 4) is 0 Å². The van der Waals surface area contributed by atoms with E-state index in [2.05, 4.69) is 11.6 Å². The summed E-state index contributed by atoms with van der Waals surface area (Å²) >= 11 is 0. The van der Waals surface area contributed by atoms with Crippen molar-refractivity contribution in [1.29, 1.82) is 5.41 Å². The predicted octanol–water partition coefficient (Wildman–Crippen LogP) is 1.79. The lowest BCUT2D eigenvalue weighted by Crippen LogP contribution is -1.98. The van der Waals surface area contributed by atoms with E-state index in [9.17, 15) is 10.1 Å². The van der Waals surface area contributed by atoms with Crippen molar-refractivity contribution in [2.24, 2.45) is 4.99 Å². The summed E-state index contributed by atoms with van der Waals surface area (Å²) < 4.78 is 0. The second-order valence-electron chi connectivity index (χ2n) is 2.42. The van der Waals surface area contributed by atoms with E-state index in [4.69, 9.17) is 5.41 Å². The molecule has 0 aromatic rings. The highest BCUT2D eigenvalue weighted by Crippen LogP contribution is 2.05. The van der Waals surface area contributed by atoms with Gasteiger partial charge in [-0.25, -0.2) is 4.99 Å². The summed E-state index contributed by atoms with van der Waals surface area (Å²) in [5.74, 6) is 0.149. The lowest BCUT2D eigenvalue weighted by Gasteiger charge is -1.92. The third-order valence-corrected chi connectivity index (χ3v) is 1.27. The van der Waals surface area contributed by atoms with E-state index in [0.717, 1.165) is 0 Å². The van der Waals surface area contributed by atoms with Gasteiger partial charge in [0.25, 0.3) is 5.70 Å². The van der Waals surface area contributed by atoms with Crippen LogP contribution in [0.1, 0.15) is 13.8 Å². The van der Waals surface area contributed by atoms with Gasteiger partial charge >= 0.3 is 0 Å². The normalized spacial score (nSPS) is 11.7. The van der Waals surface area contributed by atoms with Crippen LogP contribution in [0, 0.1) is 15.5 Å². The number of nitrogens with one attached hydrogen (secondary N) is 1. The van der Waals surface area contributed by atoms with Crippen LogP contribution in [-0.4, -0.2) is 17.0 Å². The van der Waals surface area contributed by atoms with Crippen molar-refractivity contribution in [3.63, 3.8) is 0 Å². The van der Waals surface area contributed by atoms with E-state index >= 15 is 0 Å². The Morgan fingerprint density at radius 3 is 2.54 bits per heavy atom. The minimum atomic E-state index is -0.559. The molecule has 70 valence electrons. The fourth-order valence-electron chi connectivity index (χ4n) is 0.501. The molecule has 0 amide bonds. The van der Waals surface area contributed by atoms with Gasteiger partial charge in [-0.15, -0.1) is 0 Å². The van der Waals surface area contributed by atoms with Gasteiger partial charge in [-0.1, -0.05) is 0 Å². The second-order valence-corrected chi connectivity index (χ2v) is 2.42. The average molecular weight is 181 g/mol. The van der Waals surface area contributed by atoms with Gasteiger partial charge in [-0.2, -0.15) is 0 Å². The largest absolute Gasteiger partial charge is 0.287 e. The lowest BCUT2D eigenvalue weighted by atomic mass is 10.2. The van der Waals surface area contributed by atoms with Crippen molar-refractivity contribution in [3.05, 3.63) is 34.0 Å². The van der Waals surface area contributed by atoms with E-state index < -0.39 is 4.92 Å². The molecule has 0 atom stereocenters. The highest BCUT2D eigenvalue weighted by atomic mass is 16.6. The first-order chi connectivity index (χ1) is 5.95. The summed E-state index contributed by atoms with van der Waals surface area (Å²) in [6, 6.07) is 0. The Morgan fingerprint density at radius 2 is 2.15 bits per heavy atom. The third kappa shape index (κ3) is 4.62. The zero-order valence-corrected chi connectivity index (χ0v) is 7.57. The highest BCUT2D eigenvalue weighted by Gasteiger charge is 2.07. The molecule has 0 rings (SSSR count). The van der Waals surface area contributed by atoms with Gasteiger partial charge in [0.2, 0.25) is 0 Å². The van der Waals surface area contributed by atoms with E-state index in [0.29, 0.717) is 5.57 Å². The lowest BCUT2D eigenvalue weighted by molar-refractivity contribution is -0.420. The molecule has 13 heavy (non-hydrogen) atoms. The number of amidine groups is 1. The number of hydrogen-bond acceptors (Lipinski definition) is 3. The molecule has 5 nitrogen and oxygen atoms in total. The first-order valence-electron chi connectivity index (χ1n) is 3.55. The molecule has 0 aliphatic carbocycles. The number of rotatable bonds is 3. The first-order valence-corrected chi connectivity index (χ1v) is 3.55. The SMILES string of the molecule is C=C(/C(C)=C\C=NC(C)=N)[N+](=O)[O-]. The Hall–Kier alpha value is -1.78. The molecule has 5 heteroatoms. The van der Waals surface area contributed by atoms with Crippen LogP contribution in [0.15, 0.2) is 28.9 Å². The minimum Gasteiger partial charge on any atom is -0.287 e. The zero-order valence-electron chi connectivity index (χ0n) is 7.57. The van der Waals surface area contributed by atoms with Crippen LogP contribution < -0.4 is 0 Å². The van der Waals surface area contributed by atoms with Gasteiger partial charge < -0.3 is 0 Å². The first kappa shape index (κ1) is 11.2. The summed E-state index contributed by atoms with van der Waals surface area (Å²) in [5.41, 5.74) is 0.268. The van der Waals surface area contributed by atoms with Gasteiger partial charge in [0.15, 0.2) is 0 Å². The number of nitrogens with zero attached hydrogens (tertiary/aromatic N) is 2. The second kappa shape index (κ2) is 4.97. The molecule has 0 aliphatic rings. The summed E-state index contributed by atoms with van der Waals surface area (Å²) in [6.07, 6.45) is 2.79. The third-order valence-electron chi connectivity index (χ3n) is 1.27. The Labute approximate surface area is 76.1 Å². The Kier molecular flexibility index (Phi) is 4.29. The van der Waals surface area contributed by atoms with E-state index in [1.54, 1.807) is 6.92 Å². The summed E-state index contributed by atoms with van der Waals surface area (Å²) in [7, 11) is 0. The zero-order chi connectivity index (χ0) is 10.4. The van der Waals surface area contributed by atoms with Crippen molar-refractivity contribution in [2.75, 3.05) is 0 Å². The van der Waals surface area contributed by atoms with Crippen LogP contribution in [0.2, 0.25) is 0 Å². The molecule has 0 fully saturated rings. The molecule has 0 saturated carbocycles. The fraction of sp³-hybridized carbons (Fsp3) is 0.250. The van der Waals surface area contributed by atoms with Crippen molar-refractivity contribution in [2.45, 2.75) is 13.8 Å². The minimum absolute atomic E-state index is 0.149. The maximum atomic E-state index is 10.2. The maximum absolute atomic E-state index is 10.2. The number of nitro groups is 1. The molecular formula is C8H11N3O2. The van der Waals surface area contributed by atoms with Crippen LogP contribution in [0.5, 0.6) is 0 Å². The molecule has 1 N–H and O–H groups in total. The molecule has 0 aromatic carbocycles. The molecule has 0 aromatic heterocycles. The number of aliphatic imine (C=N–C) groups is 1. The van der Waals surface area contributed by atoms with Crippen molar-refractivity contribution >= 4 is 12.1 Å². The van der Waals surface area contributed by atoms with Crippen LogP contribution in [0.25, 0.3) is 0 Å². The fourth-order valence-corrected chi connectivity index (χ4v) is 0.501. The molecular weight excluding hydrogens is 170 g/mol.